The summed E-state index contributed by atoms with van der Waals surface area (Å²) >= 11 is 1.87. The summed E-state index contributed by atoms with van der Waals surface area (Å²) < 4.78 is 0. The lowest BCUT2D eigenvalue weighted by Crippen LogP contribution is -2.41. The zero-order valence-electron chi connectivity index (χ0n) is 17.2. The van der Waals surface area contributed by atoms with Gasteiger partial charge in [-0.15, -0.1) is 6.58 Å². The monoisotopic (exact) mass is 392 g/mol. The lowest BCUT2D eigenvalue weighted by atomic mass is 9.61. The second-order valence-electron chi connectivity index (χ2n) is 8.34. The van der Waals surface area contributed by atoms with Crippen molar-refractivity contribution in [3.63, 3.8) is 0 Å². The van der Waals surface area contributed by atoms with Gasteiger partial charge in [0.1, 0.15) is 0 Å². The summed E-state index contributed by atoms with van der Waals surface area (Å²) in [7, 11) is 0. The Morgan fingerprint density at radius 2 is 2.00 bits per heavy atom. The summed E-state index contributed by atoms with van der Waals surface area (Å²) in [6, 6.07) is 8.91. The van der Waals surface area contributed by atoms with Gasteiger partial charge in [-0.1, -0.05) is 81.3 Å². The van der Waals surface area contributed by atoms with E-state index in [-0.39, 0.29) is 5.41 Å². The van der Waals surface area contributed by atoms with E-state index in [1.807, 2.05) is 17.8 Å². The van der Waals surface area contributed by atoms with Crippen LogP contribution in [0.5, 0.6) is 0 Å². The fraction of sp³-hybridized carbons (Fsp3) is 0.480. The minimum absolute atomic E-state index is 0.210. The van der Waals surface area contributed by atoms with Gasteiger partial charge in [-0.2, -0.15) is 0 Å². The summed E-state index contributed by atoms with van der Waals surface area (Å²) in [6.45, 7) is 11.7. The number of allylic oxidation sites excluding steroid dienone is 1. The molecule has 0 bridgehead atoms. The lowest BCUT2D eigenvalue weighted by Gasteiger charge is -2.48. The molecule has 0 N–H and O–H groups in total. The standard InChI is InChI=1S/C25H32N2S/c1-4-6-17-28-24-26-23-21-13-9-8-12-20(21)18-25(14-10-7-11-15-25)22(23)19(3)27(24)16-5-2/h5,8-9,12-13H,2-4,6-7,10-11,14-18H2,1H3. The highest BCUT2D eigenvalue weighted by Gasteiger charge is 2.45. The molecule has 28 heavy (non-hydrogen) atoms. The van der Waals surface area contributed by atoms with Gasteiger partial charge in [0.2, 0.25) is 0 Å². The van der Waals surface area contributed by atoms with E-state index in [4.69, 9.17) is 4.99 Å². The van der Waals surface area contributed by atoms with Crippen molar-refractivity contribution in [3.8, 4) is 0 Å². The highest BCUT2D eigenvalue weighted by atomic mass is 32.2. The maximum atomic E-state index is 5.29. The van der Waals surface area contributed by atoms with E-state index >= 15 is 0 Å². The lowest BCUT2D eigenvalue weighted by molar-refractivity contribution is 0.232. The summed E-state index contributed by atoms with van der Waals surface area (Å²) in [4.78, 5) is 7.61. The van der Waals surface area contributed by atoms with Gasteiger partial charge in [0.25, 0.3) is 0 Å². The van der Waals surface area contributed by atoms with Gasteiger partial charge < -0.3 is 4.90 Å². The van der Waals surface area contributed by atoms with Crippen LogP contribution in [0.1, 0.15) is 63.0 Å². The number of hydrogen-bond donors (Lipinski definition) is 0. The average Bonchev–Trinajstić information content (AvgIpc) is 2.71. The van der Waals surface area contributed by atoms with Crippen molar-refractivity contribution in [2.24, 2.45) is 10.4 Å². The Morgan fingerprint density at radius 3 is 2.75 bits per heavy atom. The number of nitrogens with zero attached hydrogens (tertiary/aromatic N) is 2. The quantitative estimate of drug-likeness (QED) is 0.404. The predicted octanol–water partition coefficient (Wildman–Crippen LogP) is 6.81. The normalized spacial score (nSPS) is 20.7. The van der Waals surface area contributed by atoms with Crippen LogP contribution in [0, 0.1) is 5.41 Å². The minimum atomic E-state index is 0.210. The fourth-order valence-corrected chi connectivity index (χ4v) is 6.21. The molecule has 1 heterocycles. The summed E-state index contributed by atoms with van der Waals surface area (Å²) in [6.07, 6.45) is 12.0. The van der Waals surface area contributed by atoms with Gasteiger partial charge >= 0.3 is 0 Å². The maximum absolute atomic E-state index is 5.29. The van der Waals surface area contributed by atoms with E-state index in [0.717, 1.165) is 23.9 Å². The number of thioether (sulfide) groups is 1. The van der Waals surface area contributed by atoms with Crippen LogP contribution in [0.3, 0.4) is 0 Å². The van der Waals surface area contributed by atoms with Crippen molar-refractivity contribution in [1.29, 1.82) is 0 Å². The molecule has 1 saturated carbocycles. The Morgan fingerprint density at radius 1 is 1.21 bits per heavy atom. The molecule has 2 aliphatic carbocycles. The predicted molar refractivity (Wildman–Crippen MR) is 123 cm³/mol. The highest BCUT2D eigenvalue weighted by molar-refractivity contribution is 8.13. The van der Waals surface area contributed by atoms with Crippen molar-refractivity contribution >= 4 is 22.6 Å². The van der Waals surface area contributed by atoms with E-state index in [1.54, 1.807) is 0 Å². The average molecular weight is 393 g/mol. The molecule has 0 saturated heterocycles. The second kappa shape index (κ2) is 8.32. The molecule has 0 atom stereocenters. The molecule has 0 unspecified atom stereocenters. The molecule has 0 radical (unpaired) electrons. The molecule has 0 aromatic heterocycles. The first kappa shape index (κ1) is 19.6. The van der Waals surface area contributed by atoms with Crippen molar-refractivity contribution in [3.05, 3.63) is 65.9 Å². The minimum Gasteiger partial charge on any atom is -0.317 e. The van der Waals surface area contributed by atoms with Crippen LogP contribution in [-0.4, -0.2) is 22.4 Å². The Hall–Kier alpha value is -1.74. The summed E-state index contributed by atoms with van der Waals surface area (Å²) in [5.74, 6) is 1.10. The fourth-order valence-electron chi connectivity index (χ4n) is 5.10. The SMILES string of the molecule is C=CCN1C(=C)C2=C(N=C1SCCCC)c1ccccc1CC21CCCCC1. The zero-order valence-corrected chi connectivity index (χ0v) is 18.0. The zero-order chi connectivity index (χ0) is 19.6. The van der Waals surface area contributed by atoms with Crippen LogP contribution in [0.15, 0.2) is 59.8 Å². The Labute approximate surface area is 174 Å². The summed E-state index contributed by atoms with van der Waals surface area (Å²) in [5, 5.41) is 1.10. The van der Waals surface area contributed by atoms with Crippen LogP contribution < -0.4 is 0 Å². The van der Waals surface area contributed by atoms with Crippen molar-refractivity contribution in [2.45, 2.75) is 58.3 Å². The molecule has 4 rings (SSSR count). The van der Waals surface area contributed by atoms with Crippen molar-refractivity contribution < 1.29 is 0 Å². The van der Waals surface area contributed by atoms with E-state index in [1.165, 1.54) is 73.0 Å². The van der Waals surface area contributed by atoms with E-state index in [2.05, 4.69) is 49.2 Å². The molecular formula is C25H32N2S. The third-order valence-corrected chi connectivity index (χ3v) is 7.54. The molecule has 2 nitrogen and oxygen atoms in total. The first-order valence-electron chi connectivity index (χ1n) is 10.8. The van der Waals surface area contributed by atoms with E-state index < -0.39 is 0 Å². The Bertz CT molecular complexity index is 827. The number of hydrogen-bond acceptors (Lipinski definition) is 3. The highest BCUT2D eigenvalue weighted by Crippen LogP contribution is 2.55. The Kier molecular flexibility index (Phi) is 5.82. The van der Waals surface area contributed by atoms with Gasteiger partial charge in [-0.25, -0.2) is 4.99 Å². The number of fused-ring (bicyclic) bond motifs is 3. The number of aliphatic imine (C=N–C) groups is 1. The smallest absolute Gasteiger partial charge is 0.169 e. The number of rotatable bonds is 5. The third kappa shape index (κ3) is 3.39. The molecule has 0 amide bonds. The van der Waals surface area contributed by atoms with Crippen LogP contribution in [0.25, 0.3) is 5.70 Å². The van der Waals surface area contributed by atoms with Crippen LogP contribution in [-0.2, 0) is 6.42 Å². The molecule has 1 spiro atoms. The van der Waals surface area contributed by atoms with Crippen LogP contribution in [0.4, 0.5) is 0 Å². The Balaban J connectivity index is 1.85. The topological polar surface area (TPSA) is 15.6 Å². The molecule has 148 valence electrons. The largest absolute Gasteiger partial charge is 0.317 e. The second-order valence-corrected chi connectivity index (χ2v) is 9.40. The molecular weight excluding hydrogens is 360 g/mol. The van der Waals surface area contributed by atoms with Gasteiger partial charge in [-0.3, -0.25) is 0 Å². The van der Waals surface area contributed by atoms with Gasteiger partial charge in [0.05, 0.1) is 5.70 Å². The number of unbranched alkanes of at least 4 members (excludes halogenated alkanes) is 1. The van der Waals surface area contributed by atoms with Gasteiger partial charge in [-0.05, 0) is 31.2 Å². The first-order valence-corrected chi connectivity index (χ1v) is 11.8. The van der Waals surface area contributed by atoms with E-state index in [9.17, 15) is 0 Å². The number of amidine groups is 1. The molecule has 1 aromatic rings. The van der Waals surface area contributed by atoms with Gasteiger partial charge in [0, 0.05) is 34.5 Å². The van der Waals surface area contributed by atoms with Crippen LogP contribution >= 0.6 is 11.8 Å². The molecule has 3 heteroatoms. The van der Waals surface area contributed by atoms with E-state index in [0.29, 0.717) is 0 Å². The first-order chi connectivity index (χ1) is 13.7. The third-order valence-electron chi connectivity index (χ3n) is 6.47. The molecule has 3 aliphatic rings. The van der Waals surface area contributed by atoms with Gasteiger partial charge in [0.15, 0.2) is 5.17 Å². The molecule has 1 aromatic carbocycles. The van der Waals surface area contributed by atoms with Crippen LogP contribution in [0.2, 0.25) is 0 Å². The molecule has 1 aliphatic heterocycles. The summed E-state index contributed by atoms with van der Waals surface area (Å²) in [5.41, 5.74) is 6.79. The maximum Gasteiger partial charge on any atom is 0.169 e. The van der Waals surface area contributed by atoms with Crippen molar-refractivity contribution in [1.82, 2.24) is 4.90 Å². The van der Waals surface area contributed by atoms with Crippen molar-refractivity contribution in [2.75, 3.05) is 12.3 Å². The molecule has 1 fully saturated rings. The number of benzene rings is 1.